The van der Waals surface area contributed by atoms with Gasteiger partial charge in [0.05, 0.1) is 17.6 Å². The molecule has 0 aromatic carbocycles. The summed E-state index contributed by atoms with van der Waals surface area (Å²) in [5.41, 5.74) is 1.95. The van der Waals surface area contributed by atoms with Gasteiger partial charge in [-0.2, -0.15) is 0 Å². The van der Waals surface area contributed by atoms with E-state index in [1.807, 2.05) is 13.0 Å². The van der Waals surface area contributed by atoms with Crippen LogP contribution in [-0.4, -0.2) is 52.5 Å². The quantitative estimate of drug-likeness (QED) is 0.741. The fraction of sp³-hybridized carbons (Fsp3) is 0.667. The van der Waals surface area contributed by atoms with Crippen LogP contribution in [0.25, 0.3) is 0 Å². The monoisotopic (exact) mass is 252 g/mol. The number of nitrogens with zero attached hydrogens (tertiary/aromatic N) is 4. The molecule has 0 radical (unpaired) electrons. The Bertz CT molecular complexity index is 415. The van der Waals surface area contributed by atoms with E-state index in [9.17, 15) is 0 Å². The Balaban J connectivity index is 1.90. The van der Waals surface area contributed by atoms with Crippen molar-refractivity contribution in [3.8, 4) is 0 Å². The predicted octanol–water partition coefficient (Wildman–Crippen LogP) is 1.20. The molecule has 3 fully saturated rings. The van der Waals surface area contributed by atoms with Crippen molar-refractivity contribution in [1.29, 1.82) is 0 Å². The molecule has 1 aromatic rings. The largest absolute Gasteiger partial charge is 0.299 e. The minimum Gasteiger partial charge on any atom is -0.299 e. The smallest absolute Gasteiger partial charge is 0.147 e. The number of aromatic nitrogens is 2. The Morgan fingerprint density at radius 2 is 2.06 bits per heavy atom. The summed E-state index contributed by atoms with van der Waals surface area (Å²) in [5, 5.41) is 0. The molecule has 1 aromatic heterocycles. The second-order valence-corrected chi connectivity index (χ2v) is 5.11. The maximum Gasteiger partial charge on any atom is 0.147 e. The van der Waals surface area contributed by atoms with Crippen molar-refractivity contribution in [1.82, 2.24) is 19.8 Å². The Labute approximate surface area is 107 Å². The van der Waals surface area contributed by atoms with Crippen LogP contribution in [0.3, 0.4) is 0 Å². The van der Waals surface area contributed by atoms with Gasteiger partial charge in [-0.25, -0.2) is 9.97 Å². The van der Waals surface area contributed by atoms with Gasteiger partial charge in [-0.15, -0.1) is 11.6 Å². The molecule has 0 spiro atoms. The van der Waals surface area contributed by atoms with Crippen LogP contribution in [0.2, 0.25) is 0 Å². The molecule has 1 atom stereocenters. The van der Waals surface area contributed by atoms with E-state index >= 15 is 0 Å². The van der Waals surface area contributed by atoms with Crippen LogP contribution >= 0.6 is 11.6 Å². The van der Waals surface area contributed by atoms with Crippen LogP contribution in [0, 0.1) is 6.92 Å². The summed E-state index contributed by atoms with van der Waals surface area (Å²) >= 11 is 5.87. The predicted molar refractivity (Wildman–Crippen MR) is 67.1 cm³/mol. The summed E-state index contributed by atoms with van der Waals surface area (Å²) in [7, 11) is 0. The number of alkyl halides is 1. The molecule has 4 rings (SSSR count). The van der Waals surface area contributed by atoms with Crippen molar-refractivity contribution in [2.75, 3.05) is 32.7 Å². The lowest BCUT2D eigenvalue weighted by atomic mass is 10.1. The molecular formula is C12H17ClN4. The maximum absolute atomic E-state index is 5.87. The lowest BCUT2D eigenvalue weighted by Crippen LogP contribution is -2.57. The fourth-order valence-electron chi connectivity index (χ4n) is 2.74. The van der Waals surface area contributed by atoms with Crippen LogP contribution in [0.5, 0.6) is 0 Å². The van der Waals surface area contributed by atoms with Crippen molar-refractivity contribution >= 4 is 11.6 Å². The first-order valence-electron chi connectivity index (χ1n) is 6.13. The van der Waals surface area contributed by atoms with E-state index in [-0.39, 0.29) is 0 Å². The molecule has 5 heteroatoms. The normalized spacial score (nSPS) is 31.8. The topological polar surface area (TPSA) is 32.3 Å². The Morgan fingerprint density at radius 3 is 2.65 bits per heavy atom. The van der Waals surface area contributed by atoms with E-state index in [2.05, 4.69) is 19.8 Å². The summed E-state index contributed by atoms with van der Waals surface area (Å²) < 4.78 is 0. The van der Waals surface area contributed by atoms with Crippen molar-refractivity contribution < 1.29 is 0 Å². The molecule has 1 unspecified atom stereocenters. The zero-order valence-corrected chi connectivity index (χ0v) is 10.8. The van der Waals surface area contributed by atoms with Crippen molar-refractivity contribution in [3.05, 3.63) is 23.3 Å². The highest BCUT2D eigenvalue weighted by Crippen LogP contribution is 2.26. The molecule has 3 aliphatic rings. The lowest BCUT2D eigenvalue weighted by molar-refractivity contribution is 0.00851. The number of rotatable bonds is 2. The first kappa shape index (κ1) is 11.4. The van der Waals surface area contributed by atoms with Gasteiger partial charge >= 0.3 is 0 Å². The van der Waals surface area contributed by atoms with Gasteiger partial charge in [-0.05, 0) is 13.0 Å². The Kier molecular flexibility index (Phi) is 3.03. The highest BCUT2D eigenvalue weighted by atomic mass is 35.5. The van der Waals surface area contributed by atoms with Gasteiger partial charge < -0.3 is 0 Å². The van der Waals surface area contributed by atoms with E-state index in [0.29, 0.717) is 11.9 Å². The van der Waals surface area contributed by atoms with Gasteiger partial charge in [0.1, 0.15) is 5.82 Å². The average Bonchev–Trinajstić information content (AvgIpc) is 2.39. The highest BCUT2D eigenvalue weighted by molar-refractivity contribution is 6.16. The second-order valence-electron chi connectivity index (χ2n) is 4.84. The third-order valence-electron chi connectivity index (χ3n) is 3.64. The van der Waals surface area contributed by atoms with Crippen LogP contribution in [-0.2, 0) is 5.88 Å². The van der Waals surface area contributed by atoms with E-state index in [1.165, 1.54) is 13.1 Å². The van der Waals surface area contributed by atoms with Crippen LogP contribution in [0.1, 0.15) is 23.3 Å². The fourth-order valence-corrected chi connectivity index (χ4v) is 2.88. The molecule has 4 nitrogen and oxygen atoms in total. The molecule has 0 amide bonds. The minimum atomic E-state index is 0.361. The SMILES string of the molecule is Cc1cc(CCl)nc(C2CN3CCN2CC3)n1. The number of hydrogen-bond donors (Lipinski definition) is 0. The summed E-state index contributed by atoms with van der Waals surface area (Å²) in [6, 6.07) is 2.33. The first-order valence-corrected chi connectivity index (χ1v) is 6.66. The van der Waals surface area contributed by atoms with Crippen LogP contribution in [0.4, 0.5) is 0 Å². The standard InChI is InChI=1S/C12H17ClN4/c1-9-6-10(7-13)15-12(14-9)11-8-16-2-4-17(11)5-3-16/h6,11H,2-5,7-8H2,1H3. The molecule has 0 N–H and O–H groups in total. The number of piperazine rings is 3. The summed E-state index contributed by atoms with van der Waals surface area (Å²) in [6.07, 6.45) is 0. The third-order valence-corrected chi connectivity index (χ3v) is 3.91. The number of aryl methyl sites for hydroxylation is 1. The number of fused-ring (bicyclic) bond motifs is 3. The van der Waals surface area contributed by atoms with E-state index < -0.39 is 0 Å². The zero-order valence-electron chi connectivity index (χ0n) is 10.1. The second kappa shape index (κ2) is 4.52. The molecular weight excluding hydrogens is 236 g/mol. The third kappa shape index (κ3) is 2.17. The summed E-state index contributed by atoms with van der Waals surface area (Å²) in [4.78, 5) is 14.2. The Hall–Kier alpha value is -0.710. The molecule has 4 heterocycles. The summed E-state index contributed by atoms with van der Waals surface area (Å²) in [5.74, 6) is 1.41. The van der Waals surface area contributed by atoms with Crippen LogP contribution < -0.4 is 0 Å². The minimum absolute atomic E-state index is 0.361. The van der Waals surface area contributed by atoms with Gasteiger partial charge in [0.25, 0.3) is 0 Å². The van der Waals surface area contributed by atoms with Crippen molar-refractivity contribution in [2.24, 2.45) is 0 Å². The number of halogens is 1. The molecule has 0 saturated carbocycles. The summed E-state index contributed by atoms with van der Waals surface area (Å²) in [6.45, 7) is 7.72. The highest BCUT2D eigenvalue weighted by Gasteiger charge is 2.34. The molecule has 0 aliphatic carbocycles. The van der Waals surface area contributed by atoms with Gasteiger partial charge in [0.2, 0.25) is 0 Å². The molecule has 2 bridgehead atoms. The van der Waals surface area contributed by atoms with E-state index in [1.54, 1.807) is 0 Å². The zero-order chi connectivity index (χ0) is 11.8. The maximum atomic E-state index is 5.87. The van der Waals surface area contributed by atoms with Crippen molar-refractivity contribution in [3.63, 3.8) is 0 Å². The Morgan fingerprint density at radius 1 is 1.29 bits per heavy atom. The molecule has 3 saturated heterocycles. The van der Waals surface area contributed by atoms with Crippen LogP contribution in [0.15, 0.2) is 6.07 Å². The van der Waals surface area contributed by atoms with Gasteiger partial charge in [-0.3, -0.25) is 9.80 Å². The van der Waals surface area contributed by atoms with Gasteiger partial charge in [0.15, 0.2) is 0 Å². The molecule has 3 aliphatic heterocycles. The lowest BCUT2D eigenvalue weighted by Gasteiger charge is -2.46. The average molecular weight is 253 g/mol. The molecule has 17 heavy (non-hydrogen) atoms. The first-order chi connectivity index (χ1) is 8.26. The van der Waals surface area contributed by atoms with E-state index in [0.717, 1.165) is 36.8 Å². The van der Waals surface area contributed by atoms with Gasteiger partial charge in [-0.1, -0.05) is 0 Å². The molecule has 92 valence electrons. The van der Waals surface area contributed by atoms with E-state index in [4.69, 9.17) is 11.6 Å². The van der Waals surface area contributed by atoms with Gasteiger partial charge in [0, 0.05) is 38.4 Å². The van der Waals surface area contributed by atoms with Crippen molar-refractivity contribution in [2.45, 2.75) is 18.8 Å². The number of hydrogen-bond acceptors (Lipinski definition) is 4.